The Morgan fingerprint density at radius 3 is 2.90 bits per heavy atom. The average molecular weight is 142 g/mol. The largest absolute Gasteiger partial charge is 0.396 e. The molecule has 1 N–H and O–H groups in total. The van der Waals surface area contributed by atoms with E-state index in [1.54, 1.807) is 7.05 Å². The van der Waals surface area contributed by atoms with Crippen molar-refractivity contribution in [2.45, 2.75) is 12.8 Å². The highest BCUT2D eigenvalue weighted by Crippen LogP contribution is 2.06. The Morgan fingerprint density at radius 2 is 2.50 bits per heavy atom. The number of aliphatic hydroxyl groups excluding tert-OH is 1. The first-order chi connectivity index (χ1) is 4.74. The Morgan fingerprint density at radius 1 is 1.80 bits per heavy atom. The van der Waals surface area contributed by atoms with Gasteiger partial charge in [0.2, 0.25) is 5.91 Å². The molecule has 0 aromatic carbocycles. The van der Waals surface area contributed by atoms with Crippen LogP contribution in [0.5, 0.6) is 0 Å². The van der Waals surface area contributed by atoms with E-state index in [0.717, 1.165) is 5.71 Å². The Hall–Kier alpha value is -0.900. The van der Waals surface area contributed by atoms with Crippen molar-refractivity contribution >= 4 is 11.6 Å². The average Bonchev–Trinajstić information content (AvgIpc) is 2.14. The molecule has 0 unspecified atom stereocenters. The quantitative estimate of drug-likeness (QED) is 0.569. The van der Waals surface area contributed by atoms with Crippen molar-refractivity contribution in [1.82, 2.24) is 5.01 Å². The maximum atomic E-state index is 10.8. The van der Waals surface area contributed by atoms with Crippen LogP contribution in [0.3, 0.4) is 0 Å². The molecule has 1 amide bonds. The fourth-order valence-corrected chi connectivity index (χ4v) is 0.860. The highest BCUT2D eigenvalue weighted by atomic mass is 16.3. The summed E-state index contributed by atoms with van der Waals surface area (Å²) in [6.07, 6.45) is 0.882. The van der Waals surface area contributed by atoms with Crippen LogP contribution in [0.1, 0.15) is 12.8 Å². The van der Waals surface area contributed by atoms with Crippen molar-refractivity contribution in [3.63, 3.8) is 0 Å². The zero-order chi connectivity index (χ0) is 7.56. The topological polar surface area (TPSA) is 52.9 Å². The van der Waals surface area contributed by atoms with Crippen LogP contribution < -0.4 is 0 Å². The van der Waals surface area contributed by atoms with Gasteiger partial charge in [-0.05, 0) is 0 Å². The van der Waals surface area contributed by atoms with Gasteiger partial charge in [-0.2, -0.15) is 5.10 Å². The van der Waals surface area contributed by atoms with Crippen molar-refractivity contribution in [2.24, 2.45) is 5.10 Å². The van der Waals surface area contributed by atoms with E-state index in [0.29, 0.717) is 12.8 Å². The molecular formula is C6H10N2O2. The van der Waals surface area contributed by atoms with Gasteiger partial charge in [0.05, 0.1) is 12.1 Å². The maximum absolute atomic E-state index is 10.8. The third kappa shape index (κ3) is 1.33. The van der Waals surface area contributed by atoms with Crippen molar-refractivity contribution in [3.8, 4) is 0 Å². The molecule has 4 nitrogen and oxygen atoms in total. The van der Waals surface area contributed by atoms with Gasteiger partial charge in [0.15, 0.2) is 0 Å². The lowest BCUT2D eigenvalue weighted by molar-refractivity contribution is -0.127. The normalized spacial score (nSPS) is 18.0. The zero-order valence-electron chi connectivity index (χ0n) is 5.87. The number of hydrogen-bond donors (Lipinski definition) is 1. The minimum Gasteiger partial charge on any atom is -0.396 e. The number of amides is 1. The number of carbonyl (C=O) groups is 1. The monoisotopic (exact) mass is 142 g/mol. The number of carbonyl (C=O) groups excluding carboxylic acids is 1. The SMILES string of the molecule is CN1N=C(CCO)CC1=O. The van der Waals surface area contributed by atoms with Gasteiger partial charge in [-0.25, -0.2) is 5.01 Å². The predicted molar refractivity (Wildman–Crippen MR) is 36.5 cm³/mol. The highest BCUT2D eigenvalue weighted by molar-refractivity contribution is 6.04. The molecule has 0 atom stereocenters. The van der Waals surface area contributed by atoms with E-state index in [4.69, 9.17) is 5.11 Å². The fraction of sp³-hybridized carbons (Fsp3) is 0.667. The first kappa shape index (κ1) is 7.21. The summed E-state index contributed by atoms with van der Waals surface area (Å²) < 4.78 is 0. The molecular weight excluding hydrogens is 132 g/mol. The standard InChI is InChI=1S/C6H10N2O2/c1-8-6(10)4-5(7-8)2-3-9/h9H,2-4H2,1H3. The molecule has 0 bridgehead atoms. The van der Waals surface area contributed by atoms with Crippen LogP contribution in [0.15, 0.2) is 5.10 Å². The number of aliphatic hydroxyl groups is 1. The van der Waals surface area contributed by atoms with E-state index in [9.17, 15) is 4.79 Å². The van der Waals surface area contributed by atoms with Crippen LogP contribution in [0.2, 0.25) is 0 Å². The Kier molecular flexibility index (Phi) is 2.01. The van der Waals surface area contributed by atoms with Gasteiger partial charge < -0.3 is 5.11 Å². The molecule has 1 aliphatic rings. The lowest BCUT2D eigenvalue weighted by Crippen LogP contribution is -2.14. The van der Waals surface area contributed by atoms with Crippen molar-refractivity contribution in [3.05, 3.63) is 0 Å². The zero-order valence-corrected chi connectivity index (χ0v) is 5.87. The molecule has 0 fully saturated rings. The molecule has 0 aromatic rings. The molecule has 0 saturated heterocycles. The molecule has 4 heteroatoms. The summed E-state index contributed by atoms with van der Waals surface area (Å²) in [5.74, 6) is 0.00319. The van der Waals surface area contributed by atoms with E-state index in [1.165, 1.54) is 5.01 Å². The molecule has 1 heterocycles. The molecule has 0 radical (unpaired) electrons. The summed E-state index contributed by atoms with van der Waals surface area (Å²) in [4.78, 5) is 10.8. The fourth-order valence-electron chi connectivity index (χ4n) is 0.860. The van der Waals surface area contributed by atoms with Crippen molar-refractivity contribution < 1.29 is 9.90 Å². The smallest absolute Gasteiger partial charge is 0.248 e. The van der Waals surface area contributed by atoms with Crippen LogP contribution >= 0.6 is 0 Å². The summed E-state index contributed by atoms with van der Waals surface area (Å²) in [6, 6.07) is 0. The van der Waals surface area contributed by atoms with Gasteiger partial charge in [-0.15, -0.1) is 0 Å². The summed E-state index contributed by atoms with van der Waals surface area (Å²) in [5.41, 5.74) is 0.773. The molecule has 1 rings (SSSR count). The van der Waals surface area contributed by atoms with Crippen LogP contribution in [0.4, 0.5) is 0 Å². The second-order valence-electron chi connectivity index (χ2n) is 2.23. The van der Waals surface area contributed by atoms with Gasteiger partial charge in [-0.3, -0.25) is 4.79 Å². The molecule has 56 valence electrons. The number of hydrazone groups is 1. The predicted octanol–water partition coefficient (Wildman–Crippen LogP) is -0.413. The van der Waals surface area contributed by atoms with Crippen LogP contribution in [-0.4, -0.2) is 35.4 Å². The first-order valence-electron chi connectivity index (χ1n) is 3.18. The van der Waals surface area contributed by atoms with Crippen molar-refractivity contribution in [1.29, 1.82) is 0 Å². The second kappa shape index (κ2) is 2.79. The second-order valence-corrected chi connectivity index (χ2v) is 2.23. The Labute approximate surface area is 59.1 Å². The van der Waals surface area contributed by atoms with Gasteiger partial charge in [-0.1, -0.05) is 0 Å². The molecule has 10 heavy (non-hydrogen) atoms. The van der Waals surface area contributed by atoms with Crippen LogP contribution in [0, 0.1) is 0 Å². The summed E-state index contributed by atoms with van der Waals surface area (Å²) >= 11 is 0. The number of hydrogen-bond acceptors (Lipinski definition) is 3. The van der Waals surface area contributed by atoms with Crippen molar-refractivity contribution in [2.75, 3.05) is 13.7 Å². The molecule has 0 saturated carbocycles. The Balaban J connectivity index is 2.50. The van der Waals surface area contributed by atoms with Crippen LogP contribution in [-0.2, 0) is 4.79 Å². The lowest BCUT2D eigenvalue weighted by Gasteiger charge is -1.98. The molecule has 0 aliphatic carbocycles. The van der Waals surface area contributed by atoms with Crippen LogP contribution in [0.25, 0.3) is 0 Å². The van der Waals surface area contributed by atoms with E-state index >= 15 is 0 Å². The first-order valence-corrected chi connectivity index (χ1v) is 3.18. The third-order valence-corrected chi connectivity index (χ3v) is 1.41. The van der Waals surface area contributed by atoms with Gasteiger partial charge >= 0.3 is 0 Å². The van der Waals surface area contributed by atoms with E-state index < -0.39 is 0 Å². The lowest BCUT2D eigenvalue weighted by atomic mass is 10.2. The maximum Gasteiger partial charge on any atom is 0.248 e. The van der Waals surface area contributed by atoms with Gasteiger partial charge in [0.25, 0.3) is 0 Å². The van der Waals surface area contributed by atoms with Gasteiger partial charge in [0, 0.05) is 20.1 Å². The molecule has 0 aromatic heterocycles. The van der Waals surface area contributed by atoms with E-state index in [2.05, 4.69) is 5.10 Å². The Bertz CT molecular complexity index is 177. The number of nitrogens with zero attached hydrogens (tertiary/aromatic N) is 2. The number of rotatable bonds is 2. The highest BCUT2D eigenvalue weighted by Gasteiger charge is 2.18. The molecule has 0 spiro atoms. The minimum absolute atomic E-state index is 0.00319. The van der Waals surface area contributed by atoms with Gasteiger partial charge in [0.1, 0.15) is 0 Å². The summed E-state index contributed by atoms with van der Waals surface area (Å²) in [6.45, 7) is 0.0694. The minimum atomic E-state index is 0.00319. The van der Waals surface area contributed by atoms with E-state index in [1.807, 2.05) is 0 Å². The van der Waals surface area contributed by atoms with E-state index in [-0.39, 0.29) is 12.5 Å². The summed E-state index contributed by atoms with van der Waals surface area (Å²) in [7, 11) is 1.62. The third-order valence-electron chi connectivity index (χ3n) is 1.41. The molecule has 1 aliphatic heterocycles. The summed E-state index contributed by atoms with van der Waals surface area (Å²) in [5, 5.41) is 13.7.